The van der Waals surface area contributed by atoms with Crippen molar-refractivity contribution in [2.75, 3.05) is 18.4 Å². The summed E-state index contributed by atoms with van der Waals surface area (Å²) >= 11 is 0. The minimum absolute atomic E-state index is 0.253. The van der Waals surface area contributed by atoms with Crippen LogP contribution in [0.5, 0.6) is 0 Å². The van der Waals surface area contributed by atoms with Gasteiger partial charge in [-0.25, -0.2) is 19.0 Å². The summed E-state index contributed by atoms with van der Waals surface area (Å²) in [5.74, 6) is 0.136. The normalized spacial score (nSPS) is 10.8. The van der Waals surface area contributed by atoms with Gasteiger partial charge in [-0.3, -0.25) is 4.79 Å². The Morgan fingerprint density at radius 2 is 2.00 bits per heavy atom. The first kappa shape index (κ1) is 16.8. The lowest BCUT2D eigenvalue weighted by atomic mass is 10.2. The van der Waals surface area contributed by atoms with Crippen molar-refractivity contribution in [3.63, 3.8) is 0 Å². The lowest BCUT2D eigenvalue weighted by Gasteiger charge is -2.07. The molecule has 1 amide bonds. The molecule has 0 aliphatic rings. The Kier molecular flexibility index (Phi) is 5.17. The number of anilines is 1. The first-order chi connectivity index (χ1) is 12.2. The number of carbonyl (C=O) groups excluding carboxylic acids is 1. The van der Waals surface area contributed by atoms with Gasteiger partial charge < -0.3 is 10.6 Å². The van der Waals surface area contributed by atoms with Gasteiger partial charge in [0.25, 0.3) is 5.91 Å². The molecule has 2 aromatic heterocycles. The van der Waals surface area contributed by atoms with E-state index in [0.29, 0.717) is 24.3 Å². The Bertz CT molecular complexity index is 861. The summed E-state index contributed by atoms with van der Waals surface area (Å²) < 4.78 is 14.6. The Morgan fingerprint density at radius 1 is 1.20 bits per heavy atom. The zero-order chi connectivity index (χ0) is 17.6. The Balaban J connectivity index is 1.63. The molecule has 0 fully saturated rings. The quantitative estimate of drug-likeness (QED) is 0.688. The molecule has 0 saturated heterocycles. The molecule has 8 heteroatoms. The van der Waals surface area contributed by atoms with E-state index in [1.807, 2.05) is 0 Å². The average Bonchev–Trinajstić information content (AvgIpc) is 3.04. The molecule has 3 rings (SSSR count). The highest BCUT2D eigenvalue weighted by atomic mass is 19.1. The lowest BCUT2D eigenvalue weighted by molar-refractivity contribution is 0.0952. The predicted molar refractivity (Wildman–Crippen MR) is 92.8 cm³/mol. The average molecular weight is 342 g/mol. The van der Waals surface area contributed by atoms with Crippen molar-refractivity contribution in [3.05, 3.63) is 48.2 Å². The molecule has 1 aromatic carbocycles. The van der Waals surface area contributed by atoms with E-state index in [2.05, 4.69) is 32.6 Å². The van der Waals surface area contributed by atoms with Gasteiger partial charge in [0.15, 0.2) is 5.65 Å². The van der Waals surface area contributed by atoms with E-state index in [0.717, 1.165) is 24.2 Å². The van der Waals surface area contributed by atoms with Crippen LogP contribution in [0.4, 0.5) is 10.2 Å². The molecule has 0 aliphatic heterocycles. The van der Waals surface area contributed by atoms with Crippen LogP contribution in [-0.4, -0.2) is 38.7 Å². The van der Waals surface area contributed by atoms with E-state index in [1.54, 1.807) is 10.9 Å². The standard InChI is InChI=1S/C17H19FN6O/c1-2-7-19-15-14-10-23-24(16(14)22-11-21-15)9-8-20-17(25)12-3-5-13(18)6-4-12/h3-6,10-11H,2,7-9H2,1H3,(H,20,25)(H,19,21,22). The van der Waals surface area contributed by atoms with Crippen molar-refractivity contribution in [2.45, 2.75) is 19.9 Å². The maximum Gasteiger partial charge on any atom is 0.251 e. The number of hydrogen-bond acceptors (Lipinski definition) is 5. The van der Waals surface area contributed by atoms with Crippen molar-refractivity contribution in [1.82, 2.24) is 25.1 Å². The summed E-state index contributed by atoms with van der Waals surface area (Å²) in [6, 6.07) is 5.43. The largest absolute Gasteiger partial charge is 0.369 e. The van der Waals surface area contributed by atoms with Crippen molar-refractivity contribution < 1.29 is 9.18 Å². The Labute approximate surface area is 144 Å². The zero-order valence-corrected chi connectivity index (χ0v) is 13.9. The van der Waals surface area contributed by atoms with Crippen LogP contribution in [0.25, 0.3) is 11.0 Å². The molecule has 0 radical (unpaired) electrons. The molecule has 0 unspecified atom stereocenters. The van der Waals surface area contributed by atoms with Crippen LogP contribution in [0.3, 0.4) is 0 Å². The van der Waals surface area contributed by atoms with Crippen molar-refractivity contribution >= 4 is 22.8 Å². The minimum atomic E-state index is -0.369. The third kappa shape index (κ3) is 3.90. The van der Waals surface area contributed by atoms with Crippen molar-refractivity contribution in [1.29, 1.82) is 0 Å². The highest BCUT2D eigenvalue weighted by Gasteiger charge is 2.10. The molecule has 0 aliphatic carbocycles. The van der Waals surface area contributed by atoms with Gasteiger partial charge in [-0.1, -0.05) is 6.92 Å². The summed E-state index contributed by atoms with van der Waals surface area (Å²) in [6.45, 7) is 3.76. The number of fused-ring (bicyclic) bond motifs is 1. The van der Waals surface area contributed by atoms with Gasteiger partial charge in [0, 0.05) is 18.7 Å². The van der Waals surface area contributed by atoms with Crippen LogP contribution in [0.15, 0.2) is 36.8 Å². The van der Waals surface area contributed by atoms with E-state index in [1.165, 1.54) is 30.6 Å². The maximum absolute atomic E-state index is 12.9. The molecule has 25 heavy (non-hydrogen) atoms. The molecule has 130 valence electrons. The van der Waals surface area contributed by atoms with E-state index in [-0.39, 0.29) is 11.7 Å². The number of rotatable bonds is 7. The first-order valence-corrected chi connectivity index (χ1v) is 8.13. The van der Waals surface area contributed by atoms with Gasteiger partial charge in [0.05, 0.1) is 18.1 Å². The second kappa shape index (κ2) is 7.69. The van der Waals surface area contributed by atoms with Gasteiger partial charge in [0.2, 0.25) is 0 Å². The second-order valence-electron chi connectivity index (χ2n) is 5.52. The highest BCUT2D eigenvalue weighted by Crippen LogP contribution is 2.18. The number of benzene rings is 1. The van der Waals surface area contributed by atoms with Crippen LogP contribution in [0, 0.1) is 5.82 Å². The van der Waals surface area contributed by atoms with Crippen LogP contribution in [0.1, 0.15) is 23.7 Å². The number of aromatic nitrogens is 4. The molecule has 7 nitrogen and oxygen atoms in total. The van der Waals surface area contributed by atoms with Crippen molar-refractivity contribution in [2.24, 2.45) is 0 Å². The van der Waals surface area contributed by atoms with Gasteiger partial charge in [0.1, 0.15) is 18.0 Å². The number of hydrogen-bond donors (Lipinski definition) is 2. The topological polar surface area (TPSA) is 84.7 Å². The van der Waals surface area contributed by atoms with Gasteiger partial charge in [-0.2, -0.15) is 5.10 Å². The molecule has 3 aromatic rings. The summed E-state index contributed by atoms with van der Waals surface area (Å²) in [7, 11) is 0. The fraction of sp³-hybridized carbons (Fsp3) is 0.294. The predicted octanol–water partition coefficient (Wildman–Crippen LogP) is 2.22. The number of halogens is 1. The Hall–Kier alpha value is -3.03. The van der Waals surface area contributed by atoms with Crippen molar-refractivity contribution in [3.8, 4) is 0 Å². The van der Waals surface area contributed by atoms with Crippen LogP contribution in [-0.2, 0) is 6.54 Å². The molecular weight excluding hydrogens is 323 g/mol. The Morgan fingerprint density at radius 3 is 2.76 bits per heavy atom. The smallest absolute Gasteiger partial charge is 0.251 e. The molecule has 0 spiro atoms. The number of nitrogens with one attached hydrogen (secondary N) is 2. The van der Waals surface area contributed by atoms with Gasteiger partial charge in [-0.05, 0) is 30.7 Å². The molecular formula is C17H19FN6O. The van der Waals surface area contributed by atoms with Gasteiger partial charge >= 0.3 is 0 Å². The molecule has 0 atom stereocenters. The number of carbonyl (C=O) groups is 1. The summed E-state index contributed by atoms with van der Waals surface area (Å²) in [5, 5.41) is 11.2. The maximum atomic E-state index is 12.9. The monoisotopic (exact) mass is 342 g/mol. The van der Waals surface area contributed by atoms with Crippen LogP contribution in [0.2, 0.25) is 0 Å². The third-order valence-electron chi connectivity index (χ3n) is 3.69. The summed E-state index contributed by atoms with van der Waals surface area (Å²) in [5.41, 5.74) is 1.13. The van der Waals surface area contributed by atoms with E-state index in [4.69, 9.17) is 0 Å². The lowest BCUT2D eigenvalue weighted by Crippen LogP contribution is -2.27. The molecule has 2 heterocycles. The minimum Gasteiger partial charge on any atom is -0.369 e. The fourth-order valence-corrected chi connectivity index (χ4v) is 2.42. The molecule has 0 saturated carbocycles. The van der Waals surface area contributed by atoms with E-state index < -0.39 is 0 Å². The highest BCUT2D eigenvalue weighted by molar-refractivity contribution is 5.94. The number of nitrogens with zero attached hydrogens (tertiary/aromatic N) is 4. The second-order valence-corrected chi connectivity index (χ2v) is 5.52. The van der Waals surface area contributed by atoms with Crippen LogP contribution < -0.4 is 10.6 Å². The number of amides is 1. The van der Waals surface area contributed by atoms with E-state index in [9.17, 15) is 9.18 Å². The third-order valence-corrected chi connectivity index (χ3v) is 3.69. The summed E-state index contributed by atoms with van der Waals surface area (Å²) in [6.07, 6.45) is 4.21. The molecule has 0 bridgehead atoms. The zero-order valence-electron chi connectivity index (χ0n) is 13.9. The fourth-order valence-electron chi connectivity index (χ4n) is 2.42. The van der Waals surface area contributed by atoms with E-state index >= 15 is 0 Å². The van der Waals surface area contributed by atoms with Crippen LogP contribution >= 0.6 is 0 Å². The molecule has 2 N–H and O–H groups in total. The van der Waals surface area contributed by atoms with Gasteiger partial charge in [-0.15, -0.1) is 0 Å². The first-order valence-electron chi connectivity index (χ1n) is 8.13. The SMILES string of the molecule is CCCNc1ncnc2c1cnn2CCNC(=O)c1ccc(F)cc1. The summed E-state index contributed by atoms with van der Waals surface area (Å²) in [4.78, 5) is 20.5.